The highest BCUT2D eigenvalue weighted by atomic mass is 16.3. The van der Waals surface area contributed by atoms with Crippen LogP contribution in [0.4, 0.5) is 0 Å². The quantitative estimate of drug-likeness (QED) is 0.634. The van der Waals surface area contributed by atoms with Crippen molar-refractivity contribution in [3.8, 4) is 12.3 Å². The summed E-state index contributed by atoms with van der Waals surface area (Å²) in [6.45, 7) is 8.37. The fourth-order valence-electron chi connectivity index (χ4n) is 0.937. The fraction of sp³-hybridized carbons (Fsp3) is 0.818. The standard InChI is InChI=1S/C11H21NO/c1-6-10(4,5)12-9-11(13,7-2)8-3/h1,12-13H,7-9H2,2-5H3. The minimum Gasteiger partial charge on any atom is -0.389 e. The summed E-state index contributed by atoms with van der Waals surface area (Å²) >= 11 is 0. The van der Waals surface area contributed by atoms with Crippen LogP contribution in [0.2, 0.25) is 0 Å². The smallest absolute Gasteiger partial charge is 0.0766 e. The number of aliphatic hydroxyl groups is 1. The van der Waals surface area contributed by atoms with Gasteiger partial charge in [0.1, 0.15) is 0 Å². The zero-order valence-corrected chi connectivity index (χ0v) is 9.15. The average Bonchev–Trinajstić information content (AvgIpc) is 2.14. The van der Waals surface area contributed by atoms with Gasteiger partial charge in [-0.3, -0.25) is 5.32 Å². The second-order valence-corrected chi connectivity index (χ2v) is 4.05. The summed E-state index contributed by atoms with van der Waals surface area (Å²) < 4.78 is 0. The van der Waals surface area contributed by atoms with Gasteiger partial charge >= 0.3 is 0 Å². The van der Waals surface area contributed by atoms with Gasteiger partial charge in [-0.15, -0.1) is 6.42 Å². The Labute approximate surface area is 81.7 Å². The summed E-state index contributed by atoms with van der Waals surface area (Å²) in [5, 5.41) is 13.1. The minimum atomic E-state index is -0.617. The first kappa shape index (κ1) is 12.5. The van der Waals surface area contributed by atoms with Crippen molar-refractivity contribution < 1.29 is 5.11 Å². The Morgan fingerprint density at radius 1 is 1.31 bits per heavy atom. The van der Waals surface area contributed by atoms with Crippen LogP contribution in [0.1, 0.15) is 40.5 Å². The normalized spacial score (nSPS) is 12.6. The van der Waals surface area contributed by atoms with Crippen molar-refractivity contribution >= 4 is 0 Å². The van der Waals surface area contributed by atoms with Gasteiger partial charge in [0, 0.05) is 6.54 Å². The Hall–Kier alpha value is -0.520. The van der Waals surface area contributed by atoms with Crippen LogP contribution in [0, 0.1) is 12.3 Å². The summed E-state index contributed by atoms with van der Waals surface area (Å²) in [6.07, 6.45) is 6.82. The molecular formula is C11H21NO. The topological polar surface area (TPSA) is 32.3 Å². The van der Waals surface area contributed by atoms with Crippen LogP contribution >= 0.6 is 0 Å². The molecule has 0 rings (SSSR count). The summed E-state index contributed by atoms with van der Waals surface area (Å²) in [5.74, 6) is 2.64. The molecule has 0 aromatic heterocycles. The highest BCUT2D eigenvalue weighted by Gasteiger charge is 2.24. The van der Waals surface area contributed by atoms with E-state index in [1.54, 1.807) is 0 Å². The first-order valence-corrected chi connectivity index (χ1v) is 4.84. The number of nitrogens with one attached hydrogen (secondary N) is 1. The van der Waals surface area contributed by atoms with Gasteiger partial charge in [-0.1, -0.05) is 19.8 Å². The van der Waals surface area contributed by atoms with Crippen molar-refractivity contribution in [3.05, 3.63) is 0 Å². The lowest BCUT2D eigenvalue weighted by Crippen LogP contribution is -2.48. The van der Waals surface area contributed by atoms with Crippen LogP contribution in [0.15, 0.2) is 0 Å². The summed E-state index contributed by atoms with van der Waals surface area (Å²) in [5.41, 5.74) is -0.952. The van der Waals surface area contributed by atoms with E-state index in [0.29, 0.717) is 6.54 Å². The lowest BCUT2D eigenvalue weighted by Gasteiger charge is -2.30. The van der Waals surface area contributed by atoms with E-state index in [1.807, 2.05) is 27.7 Å². The lowest BCUT2D eigenvalue weighted by atomic mass is 9.95. The summed E-state index contributed by atoms with van der Waals surface area (Å²) in [7, 11) is 0. The van der Waals surface area contributed by atoms with Crippen LogP contribution in [0.5, 0.6) is 0 Å². The van der Waals surface area contributed by atoms with Crippen molar-refractivity contribution in [2.75, 3.05) is 6.54 Å². The van der Waals surface area contributed by atoms with E-state index in [-0.39, 0.29) is 5.54 Å². The van der Waals surface area contributed by atoms with Gasteiger partial charge in [0.2, 0.25) is 0 Å². The van der Waals surface area contributed by atoms with Gasteiger partial charge in [0.15, 0.2) is 0 Å². The van der Waals surface area contributed by atoms with E-state index in [0.717, 1.165) is 12.8 Å². The molecule has 0 aliphatic heterocycles. The Morgan fingerprint density at radius 3 is 2.08 bits per heavy atom. The molecule has 0 aliphatic carbocycles. The zero-order chi connectivity index (χ0) is 10.5. The number of β-amino-alcohol motifs (C(OH)–C–C–N with tert-alkyl or cyclic N) is 1. The Bertz CT molecular complexity index is 187. The van der Waals surface area contributed by atoms with Crippen molar-refractivity contribution in [3.63, 3.8) is 0 Å². The van der Waals surface area contributed by atoms with Gasteiger partial charge in [-0.2, -0.15) is 0 Å². The number of hydrogen-bond donors (Lipinski definition) is 2. The number of hydrogen-bond acceptors (Lipinski definition) is 2. The molecule has 2 nitrogen and oxygen atoms in total. The maximum atomic E-state index is 9.96. The van der Waals surface area contributed by atoms with Crippen LogP contribution < -0.4 is 5.32 Å². The summed E-state index contributed by atoms with van der Waals surface area (Å²) in [6, 6.07) is 0. The second kappa shape index (κ2) is 4.64. The van der Waals surface area contributed by atoms with E-state index in [9.17, 15) is 5.11 Å². The molecular weight excluding hydrogens is 162 g/mol. The van der Waals surface area contributed by atoms with E-state index in [2.05, 4.69) is 11.2 Å². The van der Waals surface area contributed by atoms with E-state index in [4.69, 9.17) is 6.42 Å². The molecule has 0 unspecified atom stereocenters. The molecule has 0 spiro atoms. The number of rotatable bonds is 5. The minimum absolute atomic E-state index is 0.335. The van der Waals surface area contributed by atoms with Gasteiger partial charge in [0.05, 0.1) is 11.1 Å². The Balaban J connectivity index is 4.09. The Morgan fingerprint density at radius 2 is 1.77 bits per heavy atom. The molecule has 2 N–H and O–H groups in total. The molecule has 0 aromatic carbocycles. The third-order valence-electron chi connectivity index (χ3n) is 2.54. The van der Waals surface area contributed by atoms with Crippen LogP contribution in [0.25, 0.3) is 0 Å². The van der Waals surface area contributed by atoms with E-state index >= 15 is 0 Å². The molecule has 76 valence electrons. The molecule has 0 amide bonds. The van der Waals surface area contributed by atoms with Crippen LogP contribution in [-0.2, 0) is 0 Å². The van der Waals surface area contributed by atoms with Crippen molar-refractivity contribution in [2.24, 2.45) is 0 Å². The van der Waals surface area contributed by atoms with Crippen LogP contribution in [-0.4, -0.2) is 22.8 Å². The molecule has 0 aromatic rings. The molecule has 0 saturated carbocycles. The third-order valence-corrected chi connectivity index (χ3v) is 2.54. The SMILES string of the molecule is C#CC(C)(C)NCC(O)(CC)CC. The molecule has 13 heavy (non-hydrogen) atoms. The monoisotopic (exact) mass is 183 g/mol. The predicted molar refractivity (Wildman–Crippen MR) is 56.4 cm³/mol. The zero-order valence-electron chi connectivity index (χ0n) is 9.15. The fourth-order valence-corrected chi connectivity index (χ4v) is 0.937. The average molecular weight is 183 g/mol. The van der Waals surface area contributed by atoms with Gasteiger partial charge in [-0.05, 0) is 26.7 Å². The van der Waals surface area contributed by atoms with Crippen LogP contribution in [0.3, 0.4) is 0 Å². The Kier molecular flexibility index (Phi) is 4.46. The second-order valence-electron chi connectivity index (χ2n) is 4.05. The molecule has 0 aliphatic rings. The van der Waals surface area contributed by atoms with E-state index in [1.165, 1.54) is 0 Å². The maximum Gasteiger partial charge on any atom is 0.0766 e. The van der Waals surface area contributed by atoms with Gasteiger partial charge in [-0.25, -0.2) is 0 Å². The first-order chi connectivity index (χ1) is 5.89. The van der Waals surface area contributed by atoms with Gasteiger partial charge in [0.25, 0.3) is 0 Å². The molecule has 0 heterocycles. The molecule has 2 heteroatoms. The predicted octanol–water partition coefficient (Wildman–Crippen LogP) is 1.54. The first-order valence-electron chi connectivity index (χ1n) is 4.84. The molecule has 0 saturated heterocycles. The maximum absolute atomic E-state index is 9.96. The van der Waals surface area contributed by atoms with Crippen molar-refractivity contribution in [1.82, 2.24) is 5.32 Å². The summed E-state index contributed by atoms with van der Waals surface area (Å²) in [4.78, 5) is 0. The van der Waals surface area contributed by atoms with Crippen molar-refractivity contribution in [2.45, 2.75) is 51.7 Å². The highest BCUT2D eigenvalue weighted by Crippen LogP contribution is 2.14. The third kappa shape index (κ3) is 4.31. The number of terminal acetylenes is 1. The highest BCUT2D eigenvalue weighted by molar-refractivity contribution is 5.07. The largest absolute Gasteiger partial charge is 0.389 e. The van der Waals surface area contributed by atoms with Crippen molar-refractivity contribution in [1.29, 1.82) is 0 Å². The van der Waals surface area contributed by atoms with E-state index < -0.39 is 5.60 Å². The molecule has 0 atom stereocenters. The molecule has 0 radical (unpaired) electrons. The molecule has 0 bridgehead atoms. The molecule has 0 fully saturated rings. The lowest BCUT2D eigenvalue weighted by molar-refractivity contribution is 0.0285. The van der Waals surface area contributed by atoms with Gasteiger partial charge < -0.3 is 5.11 Å².